The molecule has 0 bridgehead atoms. The molecule has 1 fully saturated rings. The minimum Gasteiger partial charge on any atom is -0.493 e. The van der Waals surface area contributed by atoms with Crippen molar-refractivity contribution in [3.05, 3.63) is 23.8 Å². The highest BCUT2D eigenvalue weighted by Gasteiger charge is 2.17. The molecule has 3 heteroatoms. The quantitative estimate of drug-likeness (QED) is 0.819. The second kappa shape index (κ2) is 4.53. The Morgan fingerprint density at radius 3 is 2.60 bits per heavy atom. The summed E-state index contributed by atoms with van der Waals surface area (Å²) >= 11 is 0. The molecule has 1 N–H and O–H groups in total. The molecule has 0 unspecified atom stereocenters. The third kappa shape index (κ3) is 2.07. The molecule has 2 rings (SSSR count). The highest BCUT2D eigenvalue weighted by Crippen LogP contribution is 2.32. The lowest BCUT2D eigenvalue weighted by atomic mass is 9.98. The molecule has 1 saturated heterocycles. The van der Waals surface area contributed by atoms with Gasteiger partial charge in [-0.05, 0) is 36.6 Å². The number of nitrogens with one attached hydrogen (secondary N) is 1. The van der Waals surface area contributed by atoms with E-state index in [2.05, 4.69) is 17.4 Å². The molecule has 0 radical (unpaired) electrons. The molecule has 0 aliphatic carbocycles. The van der Waals surface area contributed by atoms with Crippen molar-refractivity contribution in [1.29, 1.82) is 0 Å². The van der Waals surface area contributed by atoms with E-state index in [1.807, 2.05) is 6.07 Å². The van der Waals surface area contributed by atoms with Crippen LogP contribution in [0.2, 0.25) is 0 Å². The standard InChI is InChI=1S/C12H17NO2/c1-14-11-4-3-9(7-12(11)15-2)10-5-6-13-8-10/h3-4,7,10,13H,5-6,8H2,1-2H3/t10-/m0/s1. The Labute approximate surface area is 90.4 Å². The first-order chi connectivity index (χ1) is 7.35. The Bertz CT molecular complexity index is 332. The topological polar surface area (TPSA) is 30.5 Å². The van der Waals surface area contributed by atoms with E-state index >= 15 is 0 Å². The van der Waals surface area contributed by atoms with E-state index in [1.165, 1.54) is 12.0 Å². The second-order valence-electron chi connectivity index (χ2n) is 3.80. The van der Waals surface area contributed by atoms with Gasteiger partial charge in [0.05, 0.1) is 14.2 Å². The zero-order valence-corrected chi connectivity index (χ0v) is 9.25. The fourth-order valence-corrected chi connectivity index (χ4v) is 2.05. The normalized spacial score (nSPS) is 20.3. The van der Waals surface area contributed by atoms with Gasteiger partial charge in [0.25, 0.3) is 0 Å². The summed E-state index contributed by atoms with van der Waals surface area (Å²) in [7, 11) is 3.34. The van der Waals surface area contributed by atoms with Crippen molar-refractivity contribution in [3.63, 3.8) is 0 Å². The van der Waals surface area contributed by atoms with Crippen molar-refractivity contribution in [3.8, 4) is 11.5 Å². The zero-order valence-electron chi connectivity index (χ0n) is 9.25. The van der Waals surface area contributed by atoms with Crippen LogP contribution in [0.3, 0.4) is 0 Å². The molecule has 1 aliphatic heterocycles. The van der Waals surface area contributed by atoms with Crippen LogP contribution in [0.4, 0.5) is 0 Å². The molecule has 82 valence electrons. The Morgan fingerprint density at radius 2 is 2.00 bits per heavy atom. The fourth-order valence-electron chi connectivity index (χ4n) is 2.05. The van der Waals surface area contributed by atoms with E-state index in [4.69, 9.17) is 9.47 Å². The van der Waals surface area contributed by atoms with Crippen molar-refractivity contribution in [2.24, 2.45) is 0 Å². The lowest BCUT2D eigenvalue weighted by Crippen LogP contribution is -2.08. The molecular weight excluding hydrogens is 190 g/mol. The van der Waals surface area contributed by atoms with Crippen molar-refractivity contribution in [1.82, 2.24) is 5.32 Å². The maximum Gasteiger partial charge on any atom is 0.160 e. The third-order valence-corrected chi connectivity index (χ3v) is 2.94. The monoisotopic (exact) mass is 207 g/mol. The fraction of sp³-hybridized carbons (Fsp3) is 0.500. The average molecular weight is 207 g/mol. The molecule has 0 aromatic heterocycles. The average Bonchev–Trinajstić information content (AvgIpc) is 2.81. The van der Waals surface area contributed by atoms with Gasteiger partial charge in [0.1, 0.15) is 0 Å². The van der Waals surface area contributed by atoms with Crippen LogP contribution in [-0.4, -0.2) is 27.3 Å². The van der Waals surface area contributed by atoms with Crippen LogP contribution in [0.5, 0.6) is 11.5 Å². The van der Waals surface area contributed by atoms with E-state index in [0.29, 0.717) is 5.92 Å². The van der Waals surface area contributed by atoms with Gasteiger partial charge in [0.15, 0.2) is 11.5 Å². The molecule has 1 heterocycles. The maximum atomic E-state index is 5.29. The summed E-state index contributed by atoms with van der Waals surface area (Å²) in [4.78, 5) is 0. The highest BCUT2D eigenvalue weighted by molar-refractivity contribution is 5.44. The van der Waals surface area contributed by atoms with Crippen LogP contribution >= 0.6 is 0 Å². The van der Waals surface area contributed by atoms with Gasteiger partial charge in [0.2, 0.25) is 0 Å². The van der Waals surface area contributed by atoms with Gasteiger partial charge in [-0.25, -0.2) is 0 Å². The smallest absolute Gasteiger partial charge is 0.160 e. The summed E-state index contributed by atoms with van der Waals surface area (Å²) in [6.07, 6.45) is 1.20. The molecule has 0 amide bonds. The van der Waals surface area contributed by atoms with Crippen LogP contribution in [-0.2, 0) is 0 Å². The number of hydrogen-bond donors (Lipinski definition) is 1. The van der Waals surface area contributed by atoms with Gasteiger partial charge in [0, 0.05) is 6.54 Å². The predicted octanol–water partition coefficient (Wildman–Crippen LogP) is 1.78. The Balaban J connectivity index is 2.25. The minimum absolute atomic E-state index is 0.616. The second-order valence-corrected chi connectivity index (χ2v) is 3.80. The first kappa shape index (κ1) is 10.3. The van der Waals surface area contributed by atoms with Gasteiger partial charge in [-0.3, -0.25) is 0 Å². The van der Waals surface area contributed by atoms with E-state index in [1.54, 1.807) is 14.2 Å². The summed E-state index contributed by atoms with van der Waals surface area (Å²) < 4.78 is 10.5. The van der Waals surface area contributed by atoms with Crippen molar-refractivity contribution < 1.29 is 9.47 Å². The minimum atomic E-state index is 0.616. The zero-order chi connectivity index (χ0) is 10.7. The molecular formula is C12H17NO2. The summed E-state index contributed by atoms with van der Waals surface area (Å²) in [6.45, 7) is 2.18. The number of ether oxygens (including phenoxy) is 2. The van der Waals surface area contributed by atoms with Crippen LogP contribution < -0.4 is 14.8 Å². The third-order valence-electron chi connectivity index (χ3n) is 2.94. The Kier molecular flexibility index (Phi) is 3.11. The highest BCUT2D eigenvalue weighted by atomic mass is 16.5. The lowest BCUT2D eigenvalue weighted by Gasteiger charge is -2.13. The summed E-state index contributed by atoms with van der Waals surface area (Å²) in [5, 5.41) is 3.36. The van der Waals surface area contributed by atoms with E-state index in [0.717, 1.165) is 24.6 Å². The molecule has 1 aromatic rings. The molecule has 1 aliphatic rings. The molecule has 0 spiro atoms. The van der Waals surface area contributed by atoms with Crippen molar-refractivity contribution in [2.45, 2.75) is 12.3 Å². The van der Waals surface area contributed by atoms with E-state index in [9.17, 15) is 0 Å². The predicted molar refractivity (Wildman–Crippen MR) is 59.8 cm³/mol. The maximum absolute atomic E-state index is 5.29. The molecule has 3 nitrogen and oxygen atoms in total. The molecule has 1 atom stereocenters. The van der Waals surface area contributed by atoms with Crippen LogP contribution in [0.15, 0.2) is 18.2 Å². The number of hydrogen-bond acceptors (Lipinski definition) is 3. The number of benzene rings is 1. The van der Waals surface area contributed by atoms with Gasteiger partial charge in [-0.1, -0.05) is 6.07 Å². The Morgan fingerprint density at radius 1 is 1.20 bits per heavy atom. The van der Waals surface area contributed by atoms with Gasteiger partial charge in [-0.15, -0.1) is 0 Å². The van der Waals surface area contributed by atoms with E-state index in [-0.39, 0.29) is 0 Å². The first-order valence-corrected chi connectivity index (χ1v) is 5.28. The number of methoxy groups -OCH3 is 2. The van der Waals surface area contributed by atoms with Gasteiger partial charge >= 0.3 is 0 Å². The molecule has 0 saturated carbocycles. The summed E-state index contributed by atoms with van der Waals surface area (Å²) in [5.74, 6) is 2.24. The number of rotatable bonds is 3. The first-order valence-electron chi connectivity index (χ1n) is 5.28. The Hall–Kier alpha value is -1.22. The molecule has 1 aromatic carbocycles. The van der Waals surface area contributed by atoms with E-state index < -0.39 is 0 Å². The van der Waals surface area contributed by atoms with Crippen LogP contribution in [0.25, 0.3) is 0 Å². The summed E-state index contributed by atoms with van der Waals surface area (Å²) in [5.41, 5.74) is 1.33. The van der Waals surface area contributed by atoms with Crippen LogP contribution in [0, 0.1) is 0 Å². The molecule has 15 heavy (non-hydrogen) atoms. The van der Waals surface area contributed by atoms with Gasteiger partial charge < -0.3 is 14.8 Å². The van der Waals surface area contributed by atoms with Gasteiger partial charge in [-0.2, -0.15) is 0 Å². The summed E-state index contributed by atoms with van der Waals surface area (Å²) in [6, 6.07) is 6.18. The SMILES string of the molecule is COc1ccc([C@H]2CCNC2)cc1OC. The largest absolute Gasteiger partial charge is 0.493 e. The van der Waals surface area contributed by atoms with Crippen molar-refractivity contribution in [2.75, 3.05) is 27.3 Å². The van der Waals surface area contributed by atoms with Crippen LogP contribution in [0.1, 0.15) is 17.9 Å². The lowest BCUT2D eigenvalue weighted by molar-refractivity contribution is 0.354. The van der Waals surface area contributed by atoms with Crippen molar-refractivity contribution >= 4 is 0 Å².